The number of carbonyl (C=O) groups is 1. The van der Waals surface area contributed by atoms with Gasteiger partial charge in [-0.3, -0.25) is 4.79 Å². The van der Waals surface area contributed by atoms with Crippen LogP contribution in [0.4, 0.5) is 0 Å². The van der Waals surface area contributed by atoms with Crippen molar-refractivity contribution in [1.29, 1.82) is 0 Å². The molecule has 1 aliphatic carbocycles. The predicted octanol–water partition coefficient (Wildman–Crippen LogP) is 4.35. The Kier molecular flexibility index (Phi) is 6.57. The SMILES string of the molecule is CCN(CC)C(=O)C(C)Sc1nc(C)c(C)n1C1CCCCC1. The number of imidazole rings is 1. The Morgan fingerprint density at radius 1 is 1.26 bits per heavy atom. The summed E-state index contributed by atoms with van der Waals surface area (Å²) in [6.07, 6.45) is 6.44. The maximum atomic E-state index is 12.6. The number of hydrogen-bond acceptors (Lipinski definition) is 3. The van der Waals surface area contributed by atoms with Gasteiger partial charge in [0.2, 0.25) is 5.91 Å². The highest BCUT2D eigenvalue weighted by molar-refractivity contribution is 8.00. The molecule has 1 amide bonds. The van der Waals surface area contributed by atoms with E-state index >= 15 is 0 Å². The van der Waals surface area contributed by atoms with E-state index in [1.165, 1.54) is 37.8 Å². The molecule has 0 spiro atoms. The molecule has 130 valence electrons. The first-order valence-electron chi connectivity index (χ1n) is 9.00. The summed E-state index contributed by atoms with van der Waals surface area (Å²) in [5.74, 6) is 0.216. The number of amides is 1. The first kappa shape index (κ1) is 18.4. The number of thioether (sulfide) groups is 1. The summed E-state index contributed by atoms with van der Waals surface area (Å²) < 4.78 is 2.41. The maximum absolute atomic E-state index is 12.6. The lowest BCUT2D eigenvalue weighted by Crippen LogP contribution is -2.36. The molecule has 0 bridgehead atoms. The summed E-state index contributed by atoms with van der Waals surface area (Å²) in [5, 5.41) is 0.943. The molecule has 1 heterocycles. The van der Waals surface area contributed by atoms with Gasteiger partial charge in [-0.25, -0.2) is 4.98 Å². The van der Waals surface area contributed by atoms with Crippen LogP contribution < -0.4 is 0 Å². The van der Waals surface area contributed by atoms with Crippen LogP contribution in [0.5, 0.6) is 0 Å². The Hall–Kier alpha value is -0.970. The van der Waals surface area contributed by atoms with Gasteiger partial charge in [0.1, 0.15) is 0 Å². The summed E-state index contributed by atoms with van der Waals surface area (Å²) in [6, 6.07) is 0.559. The average molecular weight is 338 g/mol. The van der Waals surface area contributed by atoms with Gasteiger partial charge >= 0.3 is 0 Å². The summed E-state index contributed by atoms with van der Waals surface area (Å²) in [7, 11) is 0. The number of aromatic nitrogens is 2. The second kappa shape index (κ2) is 8.22. The van der Waals surface area contributed by atoms with E-state index in [1.54, 1.807) is 11.8 Å². The van der Waals surface area contributed by atoms with E-state index < -0.39 is 0 Å². The molecule has 1 unspecified atom stereocenters. The molecular weight excluding hydrogens is 306 g/mol. The van der Waals surface area contributed by atoms with Gasteiger partial charge in [0.15, 0.2) is 5.16 Å². The zero-order valence-corrected chi connectivity index (χ0v) is 16.1. The highest BCUT2D eigenvalue weighted by Crippen LogP contribution is 2.35. The van der Waals surface area contributed by atoms with E-state index in [4.69, 9.17) is 4.98 Å². The van der Waals surface area contributed by atoms with Crippen LogP contribution in [-0.2, 0) is 4.79 Å². The minimum absolute atomic E-state index is 0.0848. The van der Waals surface area contributed by atoms with Crippen molar-refractivity contribution in [2.75, 3.05) is 13.1 Å². The van der Waals surface area contributed by atoms with Crippen LogP contribution in [0.1, 0.15) is 70.3 Å². The van der Waals surface area contributed by atoms with Gasteiger partial charge in [-0.05, 0) is 47.5 Å². The zero-order valence-electron chi connectivity index (χ0n) is 15.3. The van der Waals surface area contributed by atoms with Crippen LogP contribution in [0.15, 0.2) is 5.16 Å². The quantitative estimate of drug-likeness (QED) is 0.724. The zero-order chi connectivity index (χ0) is 17.0. The van der Waals surface area contributed by atoms with Crippen LogP contribution in [0.3, 0.4) is 0 Å². The fraction of sp³-hybridized carbons (Fsp3) is 0.778. The van der Waals surface area contributed by atoms with Crippen molar-refractivity contribution in [2.24, 2.45) is 0 Å². The smallest absolute Gasteiger partial charge is 0.235 e. The molecule has 2 rings (SSSR count). The summed E-state index contributed by atoms with van der Waals surface area (Å²) in [5.41, 5.74) is 2.36. The van der Waals surface area contributed by atoms with Gasteiger partial charge in [-0.1, -0.05) is 31.0 Å². The molecule has 1 saturated carbocycles. The fourth-order valence-corrected chi connectivity index (χ4v) is 4.60. The maximum Gasteiger partial charge on any atom is 0.235 e. The van der Waals surface area contributed by atoms with Gasteiger partial charge in [0.25, 0.3) is 0 Å². The molecule has 1 aromatic rings. The fourth-order valence-electron chi connectivity index (χ4n) is 3.45. The van der Waals surface area contributed by atoms with Crippen molar-refractivity contribution >= 4 is 17.7 Å². The molecule has 0 aliphatic heterocycles. The van der Waals surface area contributed by atoms with Crippen LogP contribution in [-0.4, -0.2) is 38.7 Å². The second-order valence-electron chi connectivity index (χ2n) is 6.50. The summed E-state index contributed by atoms with van der Waals surface area (Å²) in [4.78, 5) is 19.2. The highest BCUT2D eigenvalue weighted by atomic mass is 32.2. The van der Waals surface area contributed by atoms with Crippen molar-refractivity contribution in [1.82, 2.24) is 14.5 Å². The van der Waals surface area contributed by atoms with Crippen LogP contribution in [0.2, 0.25) is 0 Å². The van der Waals surface area contributed by atoms with Gasteiger partial charge in [-0.2, -0.15) is 0 Å². The topological polar surface area (TPSA) is 38.1 Å². The number of hydrogen-bond donors (Lipinski definition) is 0. The largest absolute Gasteiger partial charge is 0.342 e. The first-order valence-corrected chi connectivity index (χ1v) is 9.88. The molecule has 0 radical (unpaired) electrons. The van der Waals surface area contributed by atoms with E-state index in [9.17, 15) is 4.79 Å². The monoisotopic (exact) mass is 337 g/mol. The Morgan fingerprint density at radius 2 is 1.87 bits per heavy atom. The van der Waals surface area contributed by atoms with Crippen molar-refractivity contribution in [2.45, 2.75) is 83.2 Å². The van der Waals surface area contributed by atoms with Gasteiger partial charge in [0, 0.05) is 24.8 Å². The average Bonchev–Trinajstić information content (AvgIpc) is 2.83. The lowest BCUT2D eigenvalue weighted by molar-refractivity contribution is -0.129. The van der Waals surface area contributed by atoms with Crippen LogP contribution in [0, 0.1) is 13.8 Å². The predicted molar refractivity (Wildman–Crippen MR) is 97.1 cm³/mol. The van der Waals surface area contributed by atoms with E-state index in [-0.39, 0.29) is 11.2 Å². The lowest BCUT2D eigenvalue weighted by Gasteiger charge is -2.27. The minimum atomic E-state index is -0.0848. The number of aryl methyl sites for hydroxylation is 1. The Bertz CT molecular complexity index is 531. The van der Waals surface area contributed by atoms with E-state index in [2.05, 4.69) is 18.4 Å². The van der Waals surface area contributed by atoms with E-state index in [0.29, 0.717) is 6.04 Å². The molecule has 1 atom stereocenters. The first-order chi connectivity index (χ1) is 11.0. The molecule has 1 fully saturated rings. The summed E-state index contributed by atoms with van der Waals surface area (Å²) in [6.45, 7) is 11.9. The highest BCUT2D eigenvalue weighted by Gasteiger charge is 2.26. The van der Waals surface area contributed by atoms with E-state index in [1.807, 2.05) is 25.7 Å². The van der Waals surface area contributed by atoms with Crippen molar-refractivity contribution in [3.8, 4) is 0 Å². The normalized spacial score (nSPS) is 17.3. The molecule has 5 heteroatoms. The third kappa shape index (κ3) is 4.11. The number of nitrogens with zero attached hydrogens (tertiary/aromatic N) is 3. The van der Waals surface area contributed by atoms with Gasteiger partial charge < -0.3 is 9.47 Å². The Morgan fingerprint density at radius 3 is 2.43 bits per heavy atom. The molecule has 23 heavy (non-hydrogen) atoms. The third-order valence-electron chi connectivity index (χ3n) is 5.00. The second-order valence-corrected chi connectivity index (χ2v) is 7.81. The summed E-state index contributed by atoms with van der Waals surface area (Å²) >= 11 is 1.63. The van der Waals surface area contributed by atoms with Crippen molar-refractivity contribution in [3.05, 3.63) is 11.4 Å². The molecule has 4 nitrogen and oxygen atoms in total. The van der Waals surface area contributed by atoms with Crippen molar-refractivity contribution in [3.63, 3.8) is 0 Å². The minimum Gasteiger partial charge on any atom is -0.342 e. The Balaban J connectivity index is 2.19. The molecule has 0 saturated heterocycles. The molecular formula is C18H31N3OS. The number of rotatable bonds is 6. The van der Waals surface area contributed by atoms with Gasteiger partial charge in [0.05, 0.1) is 10.9 Å². The van der Waals surface area contributed by atoms with Gasteiger partial charge in [-0.15, -0.1) is 0 Å². The molecule has 1 aliphatic rings. The standard InChI is InChI=1S/C18H31N3OS/c1-6-20(7-2)17(22)15(5)23-18-19-13(3)14(4)21(18)16-11-9-8-10-12-16/h15-16H,6-12H2,1-5H3. The van der Waals surface area contributed by atoms with Crippen molar-refractivity contribution < 1.29 is 4.79 Å². The van der Waals surface area contributed by atoms with Crippen LogP contribution in [0.25, 0.3) is 0 Å². The molecule has 0 N–H and O–H groups in total. The Labute approximate surface area is 145 Å². The molecule has 1 aromatic heterocycles. The number of carbonyl (C=O) groups excluding carboxylic acids is 1. The lowest BCUT2D eigenvalue weighted by atomic mass is 9.95. The molecule has 0 aromatic carbocycles. The van der Waals surface area contributed by atoms with E-state index in [0.717, 1.165) is 23.9 Å². The van der Waals surface area contributed by atoms with Crippen LogP contribution >= 0.6 is 11.8 Å². The third-order valence-corrected chi connectivity index (χ3v) is 6.05.